The van der Waals surface area contributed by atoms with Gasteiger partial charge in [0.05, 0.1) is 29.2 Å². The van der Waals surface area contributed by atoms with E-state index in [2.05, 4.69) is 5.28 Å². The third-order valence-corrected chi connectivity index (χ3v) is 3.97. The highest BCUT2D eigenvalue weighted by Crippen LogP contribution is 2.22. The molecule has 1 aromatic rings. The second-order valence-corrected chi connectivity index (χ2v) is 5.32. The molecule has 2 aliphatic heterocycles. The van der Waals surface area contributed by atoms with Gasteiger partial charge in [-0.25, -0.2) is 4.90 Å². The zero-order valence-corrected chi connectivity index (χ0v) is 12.3. The van der Waals surface area contributed by atoms with Crippen molar-refractivity contribution in [3.8, 4) is 0 Å². The lowest BCUT2D eigenvalue weighted by atomic mass is 10.1. The van der Waals surface area contributed by atoms with E-state index in [9.17, 15) is 14.8 Å². The van der Waals surface area contributed by atoms with Gasteiger partial charge < -0.3 is 15.2 Å². The fourth-order valence-electron chi connectivity index (χ4n) is 2.77. The first-order chi connectivity index (χ1) is 11.1. The van der Waals surface area contributed by atoms with Crippen molar-refractivity contribution in [3.05, 3.63) is 40.6 Å². The quantitative estimate of drug-likeness (QED) is 0.366. The summed E-state index contributed by atoms with van der Waals surface area (Å²) in [5, 5.41) is 25.7. The smallest absolute Gasteiger partial charge is 0.264 e. The van der Waals surface area contributed by atoms with Crippen LogP contribution in [0, 0.1) is 5.21 Å². The number of carbonyl (C=O) groups excluding carboxylic acids is 2. The molecule has 2 aliphatic rings. The Morgan fingerprint density at radius 2 is 1.96 bits per heavy atom. The van der Waals surface area contributed by atoms with Gasteiger partial charge in [0.2, 0.25) is 12.0 Å². The molecular weight excluding hydrogens is 304 g/mol. The minimum Gasteiger partial charge on any atom is -0.569 e. The second kappa shape index (κ2) is 6.21. The van der Waals surface area contributed by atoms with Crippen LogP contribution in [0.15, 0.2) is 29.5 Å². The number of aliphatic hydroxyl groups excluding tert-OH is 1. The molecule has 0 saturated carbocycles. The van der Waals surface area contributed by atoms with Crippen molar-refractivity contribution in [2.75, 3.05) is 19.9 Å². The second-order valence-electron chi connectivity index (χ2n) is 5.32. The van der Waals surface area contributed by atoms with E-state index < -0.39 is 18.5 Å². The molecule has 0 radical (unpaired) electrons. The normalized spacial score (nSPS) is 21.1. The van der Waals surface area contributed by atoms with E-state index in [1.165, 1.54) is 5.01 Å². The molecule has 9 heteroatoms. The van der Waals surface area contributed by atoms with Gasteiger partial charge in [-0.1, -0.05) is 12.1 Å². The molecule has 1 fully saturated rings. The molecule has 1 N–H and O–H groups in total. The van der Waals surface area contributed by atoms with E-state index >= 15 is 0 Å². The van der Waals surface area contributed by atoms with Crippen LogP contribution in [0.5, 0.6) is 0 Å². The Hall–Kier alpha value is -2.68. The zero-order chi connectivity index (χ0) is 16.4. The summed E-state index contributed by atoms with van der Waals surface area (Å²) in [4.78, 5) is 30.2. The molecule has 0 bridgehead atoms. The molecule has 9 nitrogen and oxygen atoms in total. The third kappa shape index (κ3) is 2.70. The Morgan fingerprint density at radius 3 is 2.57 bits per heavy atom. The van der Waals surface area contributed by atoms with Gasteiger partial charge in [0.15, 0.2) is 0 Å². The molecule has 0 aliphatic carbocycles. The van der Waals surface area contributed by atoms with Crippen molar-refractivity contribution in [1.82, 2.24) is 9.91 Å². The molecule has 2 amide bonds. The SMILES string of the molecule is O=C1c2ccccc2C(=O)N1CO/N=[N+](\[O-])N1CCC[C@H]1CO. The standard InChI is InChI=1S/C14H16N4O5/c19-8-10-4-3-7-17(10)18(22)15-23-9-16-13(20)11-5-1-2-6-12(11)14(16)21/h1-2,5-6,10,19H,3-4,7-9H2/b18-15-/t10-/m0/s1. The highest BCUT2D eigenvalue weighted by atomic mass is 16.7. The Kier molecular flexibility index (Phi) is 4.11. The number of amides is 2. The highest BCUT2D eigenvalue weighted by molar-refractivity contribution is 6.21. The molecule has 122 valence electrons. The van der Waals surface area contributed by atoms with Crippen molar-refractivity contribution < 1.29 is 24.5 Å². The van der Waals surface area contributed by atoms with Crippen LogP contribution in [-0.4, -0.2) is 57.7 Å². The first-order valence-corrected chi connectivity index (χ1v) is 7.26. The van der Waals surface area contributed by atoms with Crippen LogP contribution in [0.25, 0.3) is 0 Å². The first-order valence-electron chi connectivity index (χ1n) is 7.26. The molecule has 2 heterocycles. The number of hydrazine groups is 1. The Balaban J connectivity index is 1.62. The number of carbonyl (C=O) groups is 2. The van der Waals surface area contributed by atoms with Crippen LogP contribution in [0.4, 0.5) is 0 Å². The molecule has 0 spiro atoms. The van der Waals surface area contributed by atoms with Crippen molar-refractivity contribution in [2.24, 2.45) is 5.28 Å². The summed E-state index contributed by atoms with van der Waals surface area (Å²) in [5.41, 5.74) is 0.611. The molecule has 1 aromatic carbocycles. The van der Waals surface area contributed by atoms with Crippen molar-refractivity contribution in [1.29, 1.82) is 0 Å². The summed E-state index contributed by atoms with van der Waals surface area (Å²) in [6.07, 6.45) is 1.47. The summed E-state index contributed by atoms with van der Waals surface area (Å²) < 4.78 is 0. The Labute approximate surface area is 131 Å². The minimum atomic E-state index is -0.479. The maximum atomic E-state index is 12.1. The number of benzene rings is 1. The van der Waals surface area contributed by atoms with E-state index in [4.69, 9.17) is 9.94 Å². The third-order valence-electron chi connectivity index (χ3n) is 3.97. The van der Waals surface area contributed by atoms with Crippen LogP contribution in [-0.2, 0) is 4.84 Å². The monoisotopic (exact) mass is 320 g/mol. The van der Waals surface area contributed by atoms with Crippen LogP contribution in [0.2, 0.25) is 0 Å². The van der Waals surface area contributed by atoms with Crippen LogP contribution < -0.4 is 0 Å². The van der Waals surface area contributed by atoms with Gasteiger partial charge in [0.25, 0.3) is 11.8 Å². The van der Waals surface area contributed by atoms with E-state index in [1.807, 2.05) is 0 Å². The molecule has 3 rings (SSSR count). The largest absolute Gasteiger partial charge is 0.569 e. The van der Waals surface area contributed by atoms with E-state index in [1.54, 1.807) is 24.3 Å². The van der Waals surface area contributed by atoms with Crippen molar-refractivity contribution in [3.63, 3.8) is 0 Å². The zero-order valence-electron chi connectivity index (χ0n) is 12.3. The molecule has 1 atom stereocenters. The van der Waals surface area contributed by atoms with Gasteiger partial charge in [-0.3, -0.25) is 9.59 Å². The molecule has 23 heavy (non-hydrogen) atoms. The van der Waals surface area contributed by atoms with Crippen LogP contribution in [0.1, 0.15) is 33.6 Å². The van der Waals surface area contributed by atoms with E-state index in [-0.39, 0.29) is 17.6 Å². The predicted octanol–water partition coefficient (Wildman–Crippen LogP) is 0.506. The van der Waals surface area contributed by atoms with Crippen molar-refractivity contribution >= 4 is 11.8 Å². The molecule has 0 aromatic heterocycles. The number of aliphatic hydroxyl groups is 1. The maximum absolute atomic E-state index is 12.1. The number of hydrogen-bond acceptors (Lipinski definition) is 6. The average Bonchev–Trinajstić information content (AvgIpc) is 3.14. The number of nitrogens with zero attached hydrogens (tertiary/aromatic N) is 4. The summed E-state index contributed by atoms with van der Waals surface area (Å²) in [7, 11) is 0. The lowest BCUT2D eigenvalue weighted by Gasteiger charge is -2.18. The lowest BCUT2D eigenvalue weighted by molar-refractivity contribution is -0.715. The fraction of sp³-hybridized carbons (Fsp3) is 0.429. The highest BCUT2D eigenvalue weighted by Gasteiger charge is 2.36. The Morgan fingerprint density at radius 1 is 1.30 bits per heavy atom. The number of rotatable bonds is 5. The molecular formula is C14H16N4O5. The van der Waals surface area contributed by atoms with Gasteiger partial charge in [-0.2, -0.15) is 0 Å². The average molecular weight is 320 g/mol. The predicted molar refractivity (Wildman–Crippen MR) is 75.8 cm³/mol. The molecule has 1 saturated heterocycles. The minimum absolute atomic E-state index is 0.146. The van der Waals surface area contributed by atoms with Crippen LogP contribution >= 0.6 is 0 Å². The van der Waals surface area contributed by atoms with Gasteiger partial charge in [-0.05, 0) is 25.0 Å². The van der Waals surface area contributed by atoms with Gasteiger partial charge in [-0.15, -0.1) is 5.01 Å². The lowest BCUT2D eigenvalue weighted by Crippen LogP contribution is -2.38. The Bertz CT molecular complexity index is 627. The van der Waals surface area contributed by atoms with Gasteiger partial charge >= 0.3 is 0 Å². The van der Waals surface area contributed by atoms with Gasteiger partial charge in [0, 0.05) is 0 Å². The summed E-state index contributed by atoms with van der Waals surface area (Å²) in [5.74, 6) is -0.958. The maximum Gasteiger partial charge on any atom is 0.264 e. The fourth-order valence-corrected chi connectivity index (χ4v) is 2.77. The molecule has 0 unspecified atom stereocenters. The summed E-state index contributed by atoms with van der Waals surface area (Å²) >= 11 is 0. The van der Waals surface area contributed by atoms with Crippen LogP contribution in [0.3, 0.4) is 0 Å². The first kappa shape index (κ1) is 15.2. The number of imide groups is 1. The number of hydrogen-bond donors (Lipinski definition) is 1. The summed E-state index contributed by atoms with van der Waals surface area (Å²) in [6.45, 7) is -0.121. The van der Waals surface area contributed by atoms with E-state index in [0.29, 0.717) is 24.1 Å². The van der Waals surface area contributed by atoms with Gasteiger partial charge in [0.1, 0.15) is 6.04 Å². The number of fused-ring (bicyclic) bond motifs is 1. The topological polar surface area (TPSA) is 109 Å². The summed E-state index contributed by atoms with van der Waals surface area (Å²) in [6, 6.07) is 6.16. The van der Waals surface area contributed by atoms with E-state index in [0.717, 1.165) is 11.3 Å². The van der Waals surface area contributed by atoms with Crippen molar-refractivity contribution in [2.45, 2.75) is 18.9 Å².